The first kappa shape index (κ1) is 16.8. The Bertz CT molecular complexity index is 754. The third-order valence-electron chi connectivity index (χ3n) is 4.96. The molecule has 2 saturated heterocycles. The van der Waals surface area contributed by atoms with Crippen LogP contribution in [0.25, 0.3) is 0 Å². The number of nitrogens with one attached hydrogen (secondary N) is 1. The summed E-state index contributed by atoms with van der Waals surface area (Å²) in [4.78, 5) is 31.6. The Balaban J connectivity index is 1.31. The molecule has 0 bridgehead atoms. The molecule has 0 saturated carbocycles. The van der Waals surface area contributed by atoms with Crippen LogP contribution in [-0.2, 0) is 16.1 Å². The van der Waals surface area contributed by atoms with Gasteiger partial charge < -0.3 is 15.0 Å². The van der Waals surface area contributed by atoms with Crippen LogP contribution < -0.4 is 10.2 Å². The molecule has 26 heavy (non-hydrogen) atoms. The number of fused-ring (bicyclic) bond motifs is 1. The van der Waals surface area contributed by atoms with Gasteiger partial charge in [-0.25, -0.2) is 9.97 Å². The number of carbonyl (C=O) groups is 1. The number of piperidine rings is 1. The van der Waals surface area contributed by atoms with Gasteiger partial charge in [-0.15, -0.1) is 0 Å². The van der Waals surface area contributed by atoms with Crippen LogP contribution in [-0.4, -0.2) is 51.1 Å². The summed E-state index contributed by atoms with van der Waals surface area (Å²) in [6.45, 7) is 3.86. The molecule has 2 aromatic heterocycles. The third kappa shape index (κ3) is 3.65. The number of ether oxygens (including phenoxy) is 1. The van der Waals surface area contributed by atoms with Crippen molar-refractivity contribution >= 4 is 11.9 Å². The number of aromatic nitrogens is 4. The molecule has 0 spiro atoms. The van der Waals surface area contributed by atoms with Gasteiger partial charge in [0, 0.05) is 31.7 Å². The van der Waals surface area contributed by atoms with Crippen LogP contribution in [0.3, 0.4) is 0 Å². The monoisotopic (exact) mass is 354 g/mol. The van der Waals surface area contributed by atoms with Crippen LogP contribution in [0.2, 0.25) is 0 Å². The summed E-state index contributed by atoms with van der Waals surface area (Å²) in [5.74, 6) is 1.05. The number of anilines is 1. The summed E-state index contributed by atoms with van der Waals surface area (Å²) < 4.78 is 6.04. The molecule has 1 N–H and O–H groups in total. The molecular weight excluding hydrogens is 332 g/mol. The van der Waals surface area contributed by atoms with E-state index in [0.29, 0.717) is 12.5 Å². The minimum Gasteiger partial charge on any atom is -0.363 e. The van der Waals surface area contributed by atoms with Crippen molar-refractivity contribution in [1.82, 2.24) is 25.3 Å². The molecule has 136 valence electrons. The summed E-state index contributed by atoms with van der Waals surface area (Å²) in [6, 6.07) is 1.81. The van der Waals surface area contributed by atoms with E-state index in [1.165, 1.54) is 0 Å². The summed E-state index contributed by atoms with van der Waals surface area (Å²) in [5.41, 5.74) is 1.60. The van der Waals surface area contributed by atoms with Gasteiger partial charge in [0.25, 0.3) is 0 Å². The highest BCUT2D eigenvalue weighted by molar-refractivity contribution is 5.81. The van der Waals surface area contributed by atoms with Gasteiger partial charge in [-0.1, -0.05) is 0 Å². The molecule has 8 nitrogen and oxygen atoms in total. The molecule has 0 aliphatic carbocycles. The fraction of sp³-hybridized carbons (Fsp3) is 0.500. The molecule has 2 fully saturated rings. The fourth-order valence-corrected chi connectivity index (χ4v) is 3.54. The molecule has 4 heterocycles. The molecule has 3 atom stereocenters. The van der Waals surface area contributed by atoms with Crippen molar-refractivity contribution < 1.29 is 9.53 Å². The lowest BCUT2D eigenvalue weighted by Gasteiger charge is -2.33. The Morgan fingerprint density at radius 1 is 1.27 bits per heavy atom. The molecule has 2 aromatic rings. The normalized spacial score (nSPS) is 25.0. The highest BCUT2D eigenvalue weighted by atomic mass is 16.5. The third-order valence-corrected chi connectivity index (χ3v) is 4.96. The molecular formula is C18H22N6O2. The van der Waals surface area contributed by atoms with Gasteiger partial charge in [0.15, 0.2) is 0 Å². The highest BCUT2D eigenvalue weighted by Crippen LogP contribution is 2.34. The number of amides is 1. The lowest BCUT2D eigenvalue weighted by molar-refractivity contribution is -0.132. The highest BCUT2D eigenvalue weighted by Gasteiger charge is 2.42. The van der Waals surface area contributed by atoms with Crippen molar-refractivity contribution in [3.63, 3.8) is 0 Å². The maximum absolute atomic E-state index is 12.5. The molecule has 1 amide bonds. The van der Waals surface area contributed by atoms with Gasteiger partial charge in [0.05, 0.1) is 30.2 Å². The van der Waals surface area contributed by atoms with E-state index in [0.717, 1.165) is 43.3 Å². The summed E-state index contributed by atoms with van der Waals surface area (Å²) in [5, 5.41) is 2.91. The number of aryl methyl sites for hydroxylation is 1. The second-order valence-corrected chi connectivity index (χ2v) is 6.81. The molecule has 2 aliphatic heterocycles. The average molecular weight is 354 g/mol. The minimum absolute atomic E-state index is 0.0440. The van der Waals surface area contributed by atoms with Crippen molar-refractivity contribution in [1.29, 1.82) is 0 Å². The van der Waals surface area contributed by atoms with Gasteiger partial charge >= 0.3 is 0 Å². The summed E-state index contributed by atoms with van der Waals surface area (Å²) in [7, 11) is 0. The smallest absolute Gasteiger partial charge is 0.249 e. The van der Waals surface area contributed by atoms with Crippen LogP contribution >= 0.6 is 0 Å². The predicted molar refractivity (Wildman–Crippen MR) is 94.2 cm³/mol. The van der Waals surface area contributed by atoms with E-state index in [4.69, 9.17) is 4.74 Å². The van der Waals surface area contributed by atoms with Crippen LogP contribution in [0.1, 0.15) is 24.2 Å². The quantitative estimate of drug-likeness (QED) is 0.871. The summed E-state index contributed by atoms with van der Waals surface area (Å²) in [6.07, 6.45) is 8.26. The van der Waals surface area contributed by atoms with E-state index in [1.807, 2.05) is 6.92 Å². The number of nitrogens with zero attached hydrogens (tertiary/aromatic N) is 5. The zero-order valence-electron chi connectivity index (χ0n) is 14.7. The van der Waals surface area contributed by atoms with Crippen LogP contribution in [0.5, 0.6) is 0 Å². The van der Waals surface area contributed by atoms with Crippen molar-refractivity contribution in [3.8, 4) is 0 Å². The van der Waals surface area contributed by atoms with Crippen molar-refractivity contribution in [2.45, 2.75) is 38.5 Å². The van der Waals surface area contributed by atoms with Gasteiger partial charge in [0.2, 0.25) is 11.9 Å². The first-order chi connectivity index (χ1) is 12.7. The van der Waals surface area contributed by atoms with Crippen LogP contribution in [0, 0.1) is 12.8 Å². The fourth-order valence-electron chi connectivity index (χ4n) is 3.54. The lowest BCUT2D eigenvalue weighted by atomic mass is 9.92. The Morgan fingerprint density at radius 2 is 2.12 bits per heavy atom. The molecule has 0 unspecified atom stereocenters. The second kappa shape index (κ2) is 7.33. The Labute approximate surface area is 152 Å². The Hall–Kier alpha value is -2.61. The largest absolute Gasteiger partial charge is 0.363 e. The first-order valence-corrected chi connectivity index (χ1v) is 8.91. The van der Waals surface area contributed by atoms with Crippen molar-refractivity contribution in [2.24, 2.45) is 5.92 Å². The predicted octanol–water partition coefficient (Wildman–Crippen LogP) is 0.875. The van der Waals surface area contributed by atoms with Crippen LogP contribution in [0.15, 0.2) is 30.9 Å². The number of carbonyl (C=O) groups excluding carboxylic acids is 1. The standard InChI is InChI=1S/C18H22N6O2/c1-12-8-22-14(9-21-12)10-23-17(25)15-7-13-3-6-24(11-16(13)26-15)18-19-4-2-5-20-18/h2,4-5,8-9,13,15-16H,3,6-7,10-11H2,1H3,(H,23,25)/t13-,15-,16+/m0/s1. The maximum atomic E-state index is 12.5. The van der Waals surface area contributed by atoms with Gasteiger partial charge in [-0.3, -0.25) is 14.8 Å². The lowest BCUT2D eigenvalue weighted by Crippen LogP contribution is -2.43. The van der Waals surface area contributed by atoms with Gasteiger partial charge in [-0.2, -0.15) is 0 Å². The van der Waals surface area contributed by atoms with E-state index in [9.17, 15) is 4.79 Å². The average Bonchev–Trinajstić information content (AvgIpc) is 3.11. The minimum atomic E-state index is -0.403. The number of hydrogen-bond donors (Lipinski definition) is 1. The van der Waals surface area contributed by atoms with Crippen LogP contribution in [0.4, 0.5) is 5.95 Å². The van der Waals surface area contributed by atoms with Gasteiger partial charge in [-0.05, 0) is 31.7 Å². The van der Waals surface area contributed by atoms with Crippen molar-refractivity contribution in [2.75, 3.05) is 18.0 Å². The zero-order valence-corrected chi connectivity index (χ0v) is 14.7. The van der Waals surface area contributed by atoms with Gasteiger partial charge in [0.1, 0.15) is 6.10 Å². The molecule has 0 radical (unpaired) electrons. The molecule has 2 aliphatic rings. The number of rotatable bonds is 4. The Kier molecular flexibility index (Phi) is 4.75. The second-order valence-electron chi connectivity index (χ2n) is 6.81. The Morgan fingerprint density at radius 3 is 2.88 bits per heavy atom. The van der Waals surface area contributed by atoms with E-state index in [1.54, 1.807) is 30.9 Å². The number of hydrogen-bond acceptors (Lipinski definition) is 7. The van der Waals surface area contributed by atoms with E-state index >= 15 is 0 Å². The first-order valence-electron chi connectivity index (χ1n) is 8.91. The molecule has 4 rings (SSSR count). The molecule has 8 heteroatoms. The van der Waals surface area contributed by atoms with E-state index < -0.39 is 6.10 Å². The van der Waals surface area contributed by atoms with E-state index in [2.05, 4.69) is 30.2 Å². The van der Waals surface area contributed by atoms with Crippen molar-refractivity contribution in [3.05, 3.63) is 42.2 Å². The molecule has 0 aromatic carbocycles. The van der Waals surface area contributed by atoms with E-state index in [-0.39, 0.29) is 12.0 Å². The summed E-state index contributed by atoms with van der Waals surface area (Å²) >= 11 is 0. The SMILES string of the molecule is Cc1cnc(CNC(=O)[C@@H]2C[C@@H]3CCN(c4ncccn4)C[C@H]3O2)cn1. The zero-order chi connectivity index (χ0) is 17.9. The maximum Gasteiger partial charge on any atom is 0.249 e. The topological polar surface area (TPSA) is 93.1 Å².